The van der Waals surface area contributed by atoms with E-state index in [0.717, 1.165) is 79.8 Å². The van der Waals surface area contributed by atoms with Crippen molar-refractivity contribution in [3.63, 3.8) is 0 Å². The van der Waals surface area contributed by atoms with Crippen molar-refractivity contribution < 1.29 is 30.2 Å². The summed E-state index contributed by atoms with van der Waals surface area (Å²) in [6.45, 7) is 48.4. The SMILES string of the molecule is CCN1C=CN(c2cc(C)cc(N3C=CN(CC)[C@@H]3C)c2C)[C@@H]1C.Cc1cc(N2C=CN(C(C)C)[C@@H]2C)c(C)c(N2C=CN(C(C)C)[C@H]2C)c1.Cc1cc(N2C=CN(C)[C@H]2C)c(C)c(N2C=CN(C)[C@@H]2C)c1.[2H]C([2H])([2H])C([2H])(C)N1C=CN(c2cc(C)cc(N3C=CN(C([2H])(C([2H])([2H])[2H])C([2H])([2H])[2H])[C@@H]3C)c2C)[C@@H]1C.[2H]C([2H])([2H])CN1C=CN(c2cc(C)cc(N3C=CN(C([2H])([2H])C([2H])([2H])[2H])[C@@H]3C)c2C)[C@@H]1C.[2H]C([2H])([2H])N1C=CN(c2cc(C)cc(N3C=CN(C)[C@H]3C)c2C)[C@H]1C. The van der Waals surface area contributed by atoms with Gasteiger partial charge in [-0.05, 0) is 388 Å². The Bertz CT molecular complexity index is 6640. The number of benzene rings is 6. The Balaban J connectivity index is 0.000000165. The normalized spacial score (nSPS) is 26.6. The van der Waals surface area contributed by atoms with Gasteiger partial charge in [-0.3, -0.25) is 0 Å². The van der Waals surface area contributed by atoms with Gasteiger partial charge in [0, 0.05) is 323 Å². The zero-order chi connectivity index (χ0) is 124. The Morgan fingerprint density at radius 2 is 0.424 bits per heavy atom. The number of nitrogens with zero attached hydrogens (tertiary/aromatic N) is 24. The summed E-state index contributed by atoms with van der Waals surface area (Å²) < 4.78 is 172. The zero-order valence-electron chi connectivity index (χ0n) is 114. The van der Waals surface area contributed by atoms with Crippen LogP contribution in [-0.4, -0.2) is 211 Å². The van der Waals surface area contributed by atoms with Gasteiger partial charge in [-0.25, -0.2) is 0 Å². The average molecular weight is 1980 g/mol. The molecule has 6 aromatic carbocycles. The van der Waals surface area contributed by atoms with Crippen LogP contribution in [0.4, 0.5) is 68.2 Å². The van der Waals surface area contributed by atoms with Crippen LogP contribution in [0.5, 0.6) is 0 Å². The maximum atomic E-state index is 8.57. The molecule has 0 radical (unpaired) electrons. The predicted octanol–water partition coefficient (Wildman–Crippen LogP) is 25.3. The summed E-state index contributed by atoms with van der Waals surface area (Å²) in [5.74, 6) is 0. The Kier molecular flexibility index (Phi) is 25.7. The minimum atomic E-state index is -3.11. The summed E-state index contributed by atoms with van der Waals surface area (Å²) in [4.78, 5) is 49.1. The fourth-order valence-corrected chi connectivity index (χ4v) is 21.2. The van der Waals surface area contributed by atoms with Crippen molar-refractivity contribution >= 4 is 68.2 Å². The van der Waals surface area contributed by atoms with E-state index in [1.807, 2.05) is 97.8 Å². The van der Waals surface area contributed by atoms with Crippen molar-refractivity contribution in [1.29, 1.82) is 0 Å². The quantitative estimate of drug-likeness (QED) is 0.0727. The molecule has 24 nitrogen and oxygen atoms in total. The lowest BCUT2D eigenvalue weighted by Gasteiger charge is -2.36. The topological polar surface area (TPSA) is 77.8 Å². The van der Waals surface area contributed by atoms with Crippen molar-refractivity contribution in [2.24, 2.45) is 0 Å². The van der Waals surface area contributed by atoms with Gasteiger partial charge in [0.15, 0.2) is 0 Å². The highest BCUT2D eigenvalue weighted by molar-refractivity contribution is 5.78. The van der Waals surface area contributed by atoms with Crippen LogP contribution >= 0.6 is 0 Å². The van der Waals surface area contributed by atoms with Crippen LogP contribution in [0.3, 0.4) is 0 Å². The fourth-order valence-electron chi connectivity index (χ4n) is 21.2. The first-order valence-electron chi connectivity index (χ1n) is 62.2. The Morgan fingerprint density at radius 1 is 0.229 bits per heavy atom. The minimum Gasteiger partial charge on any atom is -0.359 e. The monoisotopic (exact) mass is 1980 g/mol. The van der Waals surface area contributed by atoms with Gasteiger partial charge in [-0.1, -0.05) is 0 Å². The van der Waals surface area contributed by atoms with Crippen LogP contribution in [0.15, 0.2) is 222 Å². The molecule has 12 aliphatic heterocycles. The molecule has 0 aliphatic carbocycles. The van der Waals surface area contributed by atoms with Crippen LogP contribution in [0.1, 0.15) is 263 Å². The number of hydrogen-bond donors (Lipinski definition) is 0. The van der Waals surface area contributed by atoms with Gasteiger partial charge < -0.3 is 118 Å². The number of aryl methyl sites for hydroxylation is 6. The molecule has 0 fully saturated rings. The largest absolute Gasteiger partial charge is 0.359 e. The molecule has 0 aromatic heterocycles. The maximum absolute atomic E-state index is 8.57. The molecule has 0 amide bonds. The highest BCUT2D eigenvalue weighted by Gasteiger charge is 2.38. The second-order valence-corrected chi connectivity index (χ2v) is 40.7. The van der Waals surface area contributed by atoms with E-state index in [2.05, 4.69) is 370 Å². The first kappa shape index (κ1) is 81.7. The summed E-state index contributed by atoms with van der Waals surface area (Å²) in [7, 11) is 6.30. The molecule has 12 heterocycles. The van der Waals surface area contributed by atoms with E-state index in [1.54, 1.807) is 67.8 Å². The third kappa shape index (κ3) is 22.0. The van der Waals surface area contributed by atoms with E-state index in [0.29, 0.717) is 54.8 Å². The lowest BCUT2D eigenvalue weighted by atomic mass is 10.1. The third-order valence-corrected chi connectivity index (χ3v) is 30.7. The van der Waals surface area contributed by atoms with Crippen molar-refractivity contribution in [1.82, 2.24) is 58.8 Å². The standard InChI is InChI=1S/2C22H34N4.2C20H30N4.2C18H26N4/c2*1-15(2)23-9-11-25(19(23)7)21-13-17(5)14-22(18(21)6)26-12-10-24(16(3)4)20(26)8;2*1-7-21-9-11-23(17(21)5)19-13-15(3)14-20(16(19)4)24-12-10-22(8-2)18(24)6;2*1-13-11-17(21-9-7-19(5)15(21)3)14(2)18(12-13)22-10-8-20(6)16(22)4/h2*9-16,19-20H,1-8H3;2*9-14,17-18H,7-8H2,1-6H3;2*7-12,15-16H,1-6H3/t2*19-,20+;2*17-,18+;2*15-,16+/i1D3,2D3,3D3,15D,16D;;1D3,2D3,7D2;;5D3;/t16?,19-,20+;;m;;m;/m0.0.0./s1. The number of rotatable bonds is 20. The van der Waals surface area contributed by atoms with Crippen LogP contribution < -0.4 is 58.8 Å². The molecule has 0 bridgehead atoms. The van der Waals surface area contributed by atoms with Gasteiger partial charge in [0.05, 0.1) is 2.74 Å². The second kappa shape index (κ2) is 45.4. The number of anilines is 12. The van der Waals surface area contributed by atoms with Crippen molar-refractivity contribution in [3.05, 3.63) is 288 Å². The van der Waals surface area contributed by atoms with Crippen molar-refractivity contribution in [3.8, 4) is 0 Å². The molecular weight excluding hydrogens is 1780 g/mol. The lowest BCUT2D eigenvalue weighted by molar-refractivity contribution is 0.262. The Morgan fingerprint density at radius 3 is 0.632 bits per heavy atom. The Labute approximate surface area is 901 Å². The number of hydrogen-bond acceptors (Lipinski definition) is 24. The summed E-state index contributed by atoms with van der Waals surface area (Å²) in [5, 5.41) is 0. The van der Waals surface area contributed by atoms with Gasteiger partial charge in [0.2, 0.25) is 0 Å². The molecule has 0 spiro atoms. The molecule has 0 saturated heterocycles. The van der Waals surface area contributed by atoms with Gasteiger partial charge >= 0.3 is 0 Å². The smallest absolute Gasteiger partial charge is 0.103 e. The molecule has 0 N–H and O–H groups in total. The van der Waals surface area contributed by atoms with Gasteiger partial charge in [0.1, 0.15) is 74.0 Å². The van der Waals surface area contributed by atoms with E-state index in [9.17, 15) is 0 Å². The highest BCUT2D eigenvalue weighted by atomic mass is 15.5. The maximum Gasteiger partial charge on any atom is 0.103 e. The van der Waals surface area contributed by atoms with Crippen LogP contribution in [0, 0.1) is 83.1 Å². The highest BCUT2D eigenvalue weighted by Crippen LogP contribution is 2.46. The molecule has 780 valence electrons. The molecule has 144 heavy (non-hydrogen) atoms. The summed E-state index contributed by atoms with van der Waals surface area (Å²) in [6.07, 6.45) is 47.1. The lowest BCUT2D eigenvalue weighted by Crippen LogP contribution is -2.41. The van der Waals surface area contributed by atoms with Crippen molar-refractivity contribution in [2.75, 3.05) is 113 Å². The van der Waals surface area contributed by atoms with Crippen LogP contribution in [0.25, 0.3) is 0 Å². The van der Waals surface area contributed by atoms with E-state index < -0.39 is 78.3 Å². The van der Waals surface area contributed by atoms with Crippen molar-refractivity contribution in [2.45, 2.75) is 347 Å². The fraction of sp³-hybridized carbons (Fsp3) is 0.500. The molecule has 18 rings (SSSR count). The Hall–Kier alpha value is -12.6. The average Bonchev–Trinajstić information content (AvgIpc) is 1.51. The second-order valence-electron chi connectivity index (χ2n) is 40.7. The predicted molar refractivity (Wildman–Crippen MR) is 617 cm³/mol. The van der Waals surface area contributed by atoms with Gasteiger partial charge in [-0.2, -0.15) is 0 Å². The molecule has 24 heteroatoms. The first-order valence-corrected chi connectivity index (χ1v) is 51.2. The van der Waals surface area contributed by atoms with Gasteiger partial charge in [0.25, 0.3) is 0 Å². The minimum absolute atomic E-state index is 0.0516. The molecule has 13 atom stereocenters. The van der Waals surface area contributed by atoms with Gasteiger partial charge in [-0.15, -0.1) is 0 Å². The van der Waals surface area contributed by atoms with Crippen LogP contribution in [0.2, 0.25) is 0 Å². The van der Waals surface area contributed by atoms with Crippen LogP contribution in [-0.2, 0) is 0 Å². The van der Waals surface area contributed by atoms with E-state index in [-0.39, 0.29) is 25.0 Å². The van der Waals surface area contributed by atoms with E-state index in [1.165, 1.54) is 102 Å². The summed E-state index contributed by atoms with van der Waals surface area (Å²) in [6, 6.07) is 22.2. The van der Waals surface area contributed by atoms with E-state index >= 15 is 0 Å². The summed E-state index contributed by atoms with van der Waals surface area (Å²) >= 11 is 0. The molecule has 1 unspecified atom stereocenters. The zero-order valence-corrected chi connectivity index (χ0v) is 92.2. The molecular formula is C120H180N24. The molecule has 6 aromatic rings. The molecule has 12 aliphatic rings. The summed E-state index contributed by atoms with van der Waals surface area (Å²) in [5.41, 5.74) is 26.9. The third-order valence-electron chi connectivity index (χ3n) is 30.7. The molecule has 0 saturated carbocycles. The van der Waals surface area contributed by atoms with E-state index in [4.69, 9.17) is 30.2 Å². The first-order chi connectivity index (χ1) is 76.8.